The number of hydrogen-bond acceptors (Lipinski definition) is 8. The molecule has 43 heavy (non-hydrogen) atoms. The molecule has 0 radical (unpaired) electrons. The second-order valence-electron chi connectivity index (χ2n) is 12.8. The first-order chi connectivity index (χ1) is 20.8. The van der Waals surface area contributed by atoms with Gasteiger partial charge in [0.15, 0.2) is 0 Å². The van der Waals surface area contributed by atoms with Gasteiger partial charge in [0.05, 0.1) is 5.78 Å². The van der Waals surface area contributed by atoms with Crippen LogP contribution in [0.2, 0.25) is 0 Å². The van der Waals surface area contributed by atoms with Crippen LogP contribution in [0.5, 0.6) is 0 Å². The van der Waals surface area contributed by atoms with E-state index in [0.29, 0.717) is 14.6 Å². The molecule has 5 rings (SSSR count). The summed E-state index contributed by atoms with van der Waals surface area (Å²) in [7, 11) is 2.88. The van der Waals surface area contributed by atoms with E-state index in [-0.39, 0.29) is 11.9 Å². The predicted molar refractivity (Wildman–Crippen MR) is 188 cm³/mol. The van der Waals surface area contributed by atoms with Crippen molar-refractivity contribution in [2.75, 3.05) is 76.2 Å². The molecule has 4 aliphatic heterocycles. The molecular weight excluding hydrogens is 551 g/mol. The van der Waals surface area contributed by atoms with Crippen molar-refractivity contribution in [3.05, 3.63) is 47.6 Å². The van der Waals surface area contributed by atoms with Gasteiger partial charge in [-0.2, -0.15) is 0 Å². The van der Waals surface area contributed by atoms with Crippen molar-refractivity contribution in [2.45, 2.75) is 90.3 Å². The fourth-order valence-corrected chi connectivity index (χ4v) is 7.99. The van der Waals surface area contributed by atoms with Crippen LogP contribution in [-0.2, 0) is 0 Å². The summed E-state index contributed by atoms with van der Waals surface area (Å²) in [5.74, 6) is 1.29. The standard InChI is InChI=1S/C30H53N8P.C4H8/c1-5-27-29(32-23-9-13-36(6-2)14-10-23)34-30(28(31)39-27)33-24-7-8-26(22(3)21-24)38-15-11-25(12-16-38)37-19-17-35(4)18-20-37;1-3-4-2/h7-8,21,23,25,28,30,32-34,39H,5-6,9-20,31H2,1-4H3;3H,1,4H2,2H3. The van der Waals surface area contributed by atoms with Gasteiger partial charge in [0.2, 0.25) is 0 Å². The number of nitrogens with zero attached hydrogens (tertiary/aromatic N) is 4. The summed E-state index contributed by atoms with van der Waals surface area (Å²) in [6, 6.07) is 8.17. The lowest BCUT2D eigenvalue weighted by Crippen LogP contribution is -2.54. The number of anilines is 2. The normalized spacial score (nSPS) is 25.7. The summed E-state index contributed by atoms with van der Waals surface area (Å²) < 4.78 is 0. The van der Waals surface area contributed by atoms with Gasteiger partial charge in [-0.1, -0.05) is 35.4 Å². The number of nitrogens with one attached hydrogen (secondary N) is 3. The Hall–Kier alpha value is -1.83. The van der Waals surface area contributed by atoms with Crippen LogP contribution >= 0.6 is 8.58 Å². The van der Waals surface area contributed by atoms with Crippen LogP contribution in [0, 0.1) is 6.92 Å². The molecule has 0 amide bonds. The number of rotatable bonds is 9. The van der Waals surface area contributed by atoms with Gasteiger partial charge in [-0.25, -0.2) is 0 Å². The van der Waals surface area contributed by atoms with Crippen molar-refractivity contribution in [1.82, 2.24) is 25.3 Å². The monoisotopic (exact) mass is 612 g/mol. The van der Waals surface area contributed by atoms with Crippen LogP contribution in [0.4, 0.5) is 11.4 Å². The minimum absolute atomic E-state index is 0.0291. The van der Waals surface area contributed by atoms with E-state index in [1.54, 1.807) is 0 Å². The minimum atomic E-state index is 0.0291. The predicted octanol–water partition coefficient (Wildman–Crippen LogP) is 4.75. The van der Waals surface area contributed by atoms with Crippen LogP contribution in [0.1, 0.15) is 64.9 Å². The number of aryl methyl sites for hydroxylation is 1. The zero-order chi connectivity index (χ0) is 30.8. The van der Waals surface area contributed by atoms with Crippen LogP contribution in [0.25, 0.3) is 0 Å². The Morgan fingerprint density at radius 2 is 1.65 bits per heavy atom. The second-order valence-corrected chi connectivity index (χ2v) is 14.3. The average molecular weight is 613 g/mol. The Labute approximate surface area is 264 Å². The smallest absolute Gasteiger partial charge is 0.117 e. The third kappa shape index (κ3) is 9.58. The van der Waals surface area contributed by atoms with E-state index in [4.69, 9.17) is 5.73 Å². The Morgan fingerprint density at radius 3 is 2.23 bits per heavy atom. The topological polar surface area (TPSA) is 75.1 Å². The number of allylic oxidation sites excluding steroid dienone is 2. The summed E-state index contributed by atoms with van der Waals surface area (Å²) in [5, 5.41) is 12.8. The average Bonchev–Trinajstić information content (AvgIpc) is 3.03. The molecule has 9 heteroatoms. The fraction of sp³-hybridized carbons (Fsp3) is 0.706. The highest BCUT2D eigenvalue weighted by atomic mass is 31.1. The summed E-state index contributed by atoms with van der Waals surface area (Å²) >= 11 is 0. The molecule has 4 aliphatic rings. The molecule has 8 nitrogen and oxygen atoms in total. The molecule has 3 saturated heterocycles. The van der Waals surface area contributed by atoms with Gasteiger partial charge in [-0.05, 0) is 88.1 Å². The van der Waals surface area contributed by atoms with Crippen molar-refractivity contribution in [3.63, 3.8) is 0 Å². The molecule has 0 bridgehead atoms. The van der Waals surface area contributed by atoms with Crippen LogP contribution < -0.4 is 26.6 Å². The highest BCUT2D eigenvalue weighted by molar-refractivity contribution is 7.44. The number of benzene rings is 1. The van der Waals surface area contributed by atoms with Crippen LogP contribution in [0.15, 0.2) is 42.0 Å². The maximum Gasteiger partial charge on any atom is 0.117 e. The number of likely N-dealkylation sites (N-methyl/N-ethyl adjacent to an activating group) is 1. The Kier molecular flexibility index (Phi) is 13.5. The third-order valence-corrected chi connectivity index (χ3v) is 11.3. The maximum atomic E-state index is 6.70. The van der Waals surface area contributed by atoms with E-state index in [0.717, 1.165) is 44.2 Å². The van der Waals surface area contributed by atoms with Gasteiger partial charge in [0, 0.05) is 75.8 Å². The van der Waals surface area contributed by atoms with E-state index in [1.807, 2.05) is 6.08 Å². The SMILES string of the molecule is C=CCC.CCC1=C(NC2CCN(CC)CC2)NC(Nc2ccc(N3CCC(N4CCN(C)CC4)CC3)c(C)c2)C(N)P1. The lowest BCUT2D eigenvalue weighted by atomic mass is 10.0. The molecule has 1 aromatic carbocycles. The van der Waals surface area contributed by atoms with Gasteiger partial charge in [0.25, 0.3) is 0 Å². The first kappa shape index (κ1) is 34.1. The highest BCUT2D eigenvalue weighted by Gasteiger charge is 2.30. The summed E-state index contributed by atoms with van der Waals surface area (Å²) in [6.07, 6.45) is 8.98. The molecule has 0 spiro atoms. The number of hydrogen-bond donors (Lipinski definition) is 4. The zero-order valence-corrected chi connectivity index (χ0v) is 28.8. The first-order valence-electron chi connectivity index (χ1n) is 17.0. The second kappa shape index (κ2) is 17.0. The van der Waals surface area contributed by atoms with Gasteiger partial charge < -0.3 is 36.4 Å². The van der Waals surface area contributed by atoms with E-state index in [9.17, 15) is 0 Å². The third-order valence-electron chi connectivity index (χ3n) is 9.71. The molecule has 0 aromatic heterocycles. The van der Waals surface area contributed by atoms with Crippen molar-refractivity contribution in [1.29, 1.82) is 0 Å². The molecule has 5 N–H and O–H groups in total. The molecule has 0 aliphatic carbocycles. The lowest BCUT2D eigenvalue weighted by Gasteiger charge is -2.43. The number of piperidine rings is 2. The van der Waals surface area contributed by atoms with Gasteiger partial charge in [-0.3, -0.25) is 4.90 Å². The van der Waals surface area contributed by atoms with E-state index in [2.05, 4.69) is 95.1 Å². The Morgan fingerprint density at radius 1 is 0.977 bits per heavy atom. The van der Waals surface area contributed by atoms with Gasteiger partial charge in [-0.15, -0.1) is 6.58 Å². The van der Waals surface area contributed by atoms with E-state index >= 15 is 0 Å². The van der Waals surface area contributed by atoms with Crippen LogP contribution in [-0.4, -0.2) is 105 Å². The fourth-order valence-electron chi connectivity index (χ4n) is 6.76. The number of piperazine rings is 1. The molecule has 3 unspecified atom stereocenters. The van der Waals surface area contributed by atoms with Gasteiger partial charge in [0.1, 0.15) is 12.0 Å². The molecule has 0 saturated carbocycles. The molecule has 4 heterocycles. The minimum Gasteiger partial charge on any atom is -0.371 e. The molecular formula is C34H61N8P. The lowest BCUT2D eigenvalue weighted by molar-refractivity contribution is 0.0982. The number of nitrogens with two attached hydrogens (primary N) is 1. The largest absolute Gasteiger partial charge is 0.371 e. The Bertz CT molecular complexity index is 1020. The summed E-state index contributed by atoms with van der Waals surface area (Å²) in [5.41, 5.74) is 10.6. The molecule has 3 atom stereocenters. The van der Waals surface area contributed by atoms with Gasteiger partial charge >= 0.3 is 0 Å². The number of likely N-dealkylation sites (tertiary alicyclic amines) is 1. The summed E-state index contributed by atoms with van der Waals surface area (Å²) in [6.45, 7) is 23.0. The zero-order valence-electron chi connectivity index (χ0n) is 27.8. The van der Waals surface area contributed by atoms with Crippen molar-refractivity contribution in [2.24, 2.45) is 5.73 Å². The van der Waals surface area contributed by atoms with E-state index in [1.165, 1.54) is 87.3 Å². The highest BCUT2D eigenvalue weighted by Crippen LogP contribution is 2.37. The molecule has 3 fully saturated rings. The quantitative estimate of drug-likeness (QED) is 0.235. The molecule has 242 valence electrons. The van der Waals surface area contributed by atoms with Crippen molar-refractivity contribution < 1.29 is 0 Å². The van der Waals surface area contributed by atoms with E-state index < -0.39 is 0 Å². The summed E-state index contributed by atoms with van der Waals surface area (Å²) in [4.78, 5) is 10.3. The molecule has 1 aromatic rings. The Balaban J connectivity index is 0.000000996. The van der Waals surface area contributed by atoms with Crippen molar-refractivity contribution >= 4 is 20.0 Å². The van der Waals surface area contributed by atoms with Crippen LogP contribution in [0.3, 0.4) is 0 Å². The van der Waals surface area contributed by atoms with Crippen molar-refractivity contribution in [3.8, 4) is 0 Å². The first-order valence-corrected chi connectivity index (χ1v) is 18.1. The maximum absolute atomic E-state index is 6.70.